The largest absolute Gasteiger partial charge is 0.360 e. The van der Waals surface area contributed by atoms with Crippen molar-refractivity contribution >= 4 is 44.0 Å². The Morgan fingerprint density at radius 1 is 1.48 bits per heavy atom. The molecule has 1 aliphatic heterocycles. The smallest absolute Gasteiger partial charge is 0.286 e. The van der Waals surface area contributed by atoms with E-state index in [0.29, 0.717) is 17.4 Å². The van der Waals surface area contributed by atoms with Crippen molar-refractivity contribution in [3.8, 4) is 0 Å². The predicted molar refractivity (Wildman–Crippen MR) is 85.7 cm³/mol. The number of nitrogens with one attached hydrogen (secondary N) is 1. The lowest BCUT2D eigenvalue weighted by Gasteiger charge is -2.33. The van der Waals surface area contributed by atoms with Gasteiger partial charge in [-0.25, -0.2) is 8.42 Å². The van der Waals surface area contributed by atoms with Crippen molar-refractivity contribution in [3.05, 3.63) is 5.01 Å². The van der Waals surface area contributed by atoms with Crippen molar-refractivity contribution in [1.29, 1.82) is 0 Å². The minimum absolute atomic E-state index is 0.231. The fraction of sp³-hybridized carbons (Fsp3) is 0.727. The van der Waals surface area contributed by atoms with Crippen LogP contribution in [0.1, 0.15) is 23.1 Å². The molecule has 1 N–H and O–H groups in total. The SMILES string of the molecule is CCCNc1nnc(C(=O)N2CCSCC2S(C)(=O)=O)s1. The highest BCUT2D eigenvalue weighted by Gasteiger charge is 2.35. The Hall–Kier alpha value is -0.870. The van der Waals surface area contributed by atoms with Gasteiger partial charge in [-0.2, -0.15) is 11.8 Å². The molecule has 1 saturated heterocycles. The van der Waals surface area contributed by atoms with Gasteiger partial charge in [0.15, 0.2) is 9.84 Å². The third kappa shape index (κ3) is 4.07. The summed E-state index contributed by atoms with van der Waals surface area (Å²) in [5.41, 5.74) is 0. The predicted octanol–water partition coefficient (Wildman–Crippen LogP) is 0.920. The molecule has 1 fully saturated rings. The molecule has 0 aliphatic carbocycles. The third-order valence-corrected chi connectivity index (χ3v) is 6.49. The molecule has 1 aromatic rings. The van der Waals surface area contributed by atoms with Gasteiger partial charge in [-0.1, -0.05) is 18.3 Å². The zero-order chi connectivity index (χ0) is 15.5. The second kappa shape index (κ2) is 6.93. The van der Waals surface area contributed by atoms with Gasteiger partial charge in [0.2, 0.25) is 10.1 Å². The van der Waals surface area contributed by atoms with Gasteiger partial charge >= 0.3 is 0 Å². The van der Waals surface area contributed by atoms with Crippen molar-refractivity contribution in [2.24, 2.45) is 0 Å². The molecule has 1 aromatic heterocycles. The Kier molecular flexibility index (Phi) is 5.44. The van der Waals surface area contributed by atoms with Gasteiger partial charge in [0, 0.05) is 30.9 Å². The molecule has 0 saturated carbocycles. The van der Waals surface area contributed by atoms with Crippen LogP contribution in [0, 0.1) is 0 Å². The van der Waals surface area contributed by atoms with E-state index in [1.807, 2.05) is 6.92 Å². The molecular formula is C11H18N4O3S3. The van der Waals surface area contributed by atoms with Crippen LogP contribution >= 0.6 is 23.1 Å². The average molecular weight is 350 g/mol. The van der Waals surface area contributed by atoms with E-state index in [0.717, 1.165) is 36.3 Å². The molecule has 0 bridgehead atoms. The van der Waals surface area contributed by atoms with E-state index in [2.05, 4.69) is 15.5 Å². The van der Waals surface area contributed by atoms with E-state index < -0.39 is 15.2 Å². The number of thioether (sulfide) groups is 1. The van der Waals surface area contributed by atoms with Crippen molar-refractivity contribution < 1.29 is 13.2 Å². The Labute approximate surface area is 132 Å². The number of carbonyl (C=O) groups excluding carboxylic acids is 1. The maximum atomic E-state index is 12.5. The molecule has 2 heterocycles. The molecule has 2 rings (SSSR count). The Bertz CT molecular complexity index is 602. The summed E-state index contributed by atoms with van der Waals surface area (Å²) in [5, 5.41) is 10.9. The van der Waals surface area contributed by atoms with Gasteiger partial charge in [-0.3, -0.25) is 4.79 Å². The van der Waals surface area contributed by atoms with Crippen molar-refractivity contribution in [1.82, 2.24) is 15.1 Å². The number of hydrogen-bond acceptors (Lipinski definition) is 8. The maximum Gasteiger partial charge on any atom is 0.286 e. The summed E-state index contributed by atoms with van der Waals surface area (Å²) in [6.07, 6.45) is 2.11. The number of carbonyl (C=O) groups is 1. The van der Waals surface area contributed by atoms with E-state index in [1.54, 1.807) is 11.8 Å². The molecule has 1 aliphatic rings. The lowest BCUT2D eigenvalue weighted by atomic mass is 10.4. The van der Waals surface area contributed by atoms with Gasteiger partial charge in [0.25, 0.3) is 5.91 Å². The van der Waals surface area contributed by atoms with Crippen LogP contribution in [0.2, 0.25) is 0 Å². The van der Waals surface area contributed by atoms with Crippen LogP contribution in [0.5, 0.6) is 0 Å². The van der Waals surface area contributed by atoms with Crippen LogP contribution in [0.15, 0.2) is 0 Å². The maximum absolute atomic E-state index is 12.5. The Morgan fingerprint density at radius 2 is 2.24 bits per heavy atom. The number of anilines is 1. The first kappa shape index (κ1) is 16.5. The first-order valence-corrected chi connectivity index (χ1v) is 10.5. The Morgan fingerprint density at radius 3 is 2.90 bits per heavy atom. The first-order chi connectivity index (χ1) is 9.93. The molecule has 118 valence electrons. The fourth-order valence-corrected chi connectivity index (χ4v) is 5.44. The lowest BCUT2D eigenvalue weighted by molar-refractivity contribution is 0.0748. The standard InChI is InChI=1S/C11H18N4O3S3/c1-3-4-12-11-14-13-9(20-11)10(16)15-5-6-19-7-8(15)21(2,17)18/h8H,3-7H2,1-2H3,(H,12,14). The van der Waals surface area contributed by atoms with Gasteiger partial charge in [0.1, 0.15) is 5.37 Å². The Balaban J connectivity index is 2.15. The lowest BCUT2D eigenvalue weighted by Crippen LogP contribution is -2.49. The zero-order valence-electron chi connectivity index (χ0n) is 11.9. The first-order valence-electron chi connectivity index (χ1n) is 6.58. The van der Waals surface area contributed by atoms with Crippen molar-refractivity contribution in [3.63, 3.8) is 0 Å². The fourth-order valence-electron chi connectivity index (χ4n) is 1.90. The van der Waals surface area contributed by atoms with Crippen LogP contribution in [-0.4, -0.2) is 65.6 Å². The second-order valence-corrected chi connectivity index (χ2v) is 9.03. The molecule has 1 atom stereocenters. The molecule has 0 radical (unpaired) electrons. The van der Waals surface area contributed by atoms with Crippen molar-refractivity contribution in [2.75, 3.05) is 36.2 Å². The third-order valence-electron chi connectivity index (χ3n) is 2.97. The second-order valence-electron chi connectivity index (χ2n) is 4.70. The summed E-state index contributed by atoms with van der Waals surface area (Å²) in [5.74, 6) is 0.787. The summed E-state index contributed by atoms with van der Waals surface area (Å²) in [6.45, 7) is 3.20. The summed E-state index contributed by atoms with van der Waals surface area (Å²) in [4.78, 5) is 13.9. The number of sulfone groups is 1. The van der Waals surface area contributed by atoms with Crippen LogP contribution in [0.3, 0.4) is 0 Å². The number of hydrogen-bond donors (Lipinski definition) is 1. The molecule has 1 unspecified atom stereocenters. The minimum atomic E-state index is -3.31. The van der Waals surface area contributed by atoms with Crippen LogP contribution in [-0.2, 0) is 9.84 Å². The van der Waals surface area contributed by atoms with Crippen molar-refractivity contribution in [2.45, 2.75) is 18.7 Å². The number of aromatic nitrogens is 2. The van der Waals surface area contributed by atoms with Gasteiger partial charge in [0.05, 0.1) is 0 Å². The average Bonchev–Trinajstić information content (AvgIpc) is 2.92. The number of rotatable bonds is 5. The molecule has 10 heteroatoms. The summed E-state index contributed by atoms with van der Waals surface area (Å²) < 4.78 is 23.7. The molecule has 0 spiro atoms. The molecule has 0 aromatic carbocycles. The highest BCUT2D eigenvalue weighted by atomic mass is 32.2. The van der Waals surface area contributed by atoms with E-state index in [-0.39, 0.29) is 10.9 Å². The zero-order valence-corrected chi connectivity index (χ0v) is 14.4. The van der Waals surface area contributed by atoms with Crippen LogP contribution in [0.25, 0.3) is 0 Å². The highest BCUT2D eigenvalue weighted by Crippen LogP contribution is 2.24. The monoisotopic (exact) mass is 350 g/mol. The molecule has 1 amide bonds. The van der Waals surface area contributed by atoms with E-state index in [1.165, 1.54) is 4.90 Å². The van der Waals surface area contributed by atoms with Crippen LogP contribution in [0.4, 0.5) is 5.13 Å². The van der Waals surface area contributed by atoms with Gasteiger partial charge in [-0.05, 0) is 6.42 Å². The van der Waals surface area contributed by atoms with E-state index in [9.17, 15) is 13.2 Å². The van der Waals surface area contributed by atoms with Crippen LogP contribution < -0.4 is 5.32 Å². The summed E-state index contributed by atoms with van der Waals surface area (Å²) in [6, 6.07) is 0. The normalized spacial score (nSPS) is 19.5. The quantitative estimate of drug-likeness (QED) is 0.844. The van der Waals surface area contributed by atoms with E-state index in [4.69, 9.17) is 0 Å². The van der Waals surface area contributed by atoms with Gasteiger partial charge < -0.3 is 10.2 Å². The van der Waals surface area contributed by atoms with E-state index >= 15 is 0 Å². The summed E-state index contributed by atoms with van der Waals surface area (Å²) in [7, 11) is -3.31. The number of nitrogens with zero attached hydrogens (tertiary/aromatic N) is 3. The summed E-state index contributed by atoms with van der Waals surface area (Å²) >= 11 is 2.71. The highest BCUT2D eigenvalue weighted by molar-refractivity contribution is 8.00. The topological polar surface area (TPSA) is 92.3 Å². The van der Waals surface area contributed by atoms with Gasteiger partial charge in [-0.15, -0.1) is 10.2 Å². The minimum Gasteiger partial charge on any atom is -0.360 e. The molecule has 7 nitrogen and oxygen atoms in total. The molecular weight excluding hydrogens is 332 g/mol. The number of amides is 1. The molecule has 21 heavy (non-hydrogen) atoms.